The van der Waals surface area contributed by atoms with Crippen LogP contribution in [0.2, 0.25) is 0 Å². The molecule has 0 radical (unpaired) electrons. The van der Waals surface area contributed by atoms with E-state index in [0.29, 0.717) is 0 Å². The number of methoxy groups -OCH3 is 1. The molecular weight excluding hydrogens is 181 g/mol. The zero-order valence-electron chi connectivity index (χ0n) is 8.59. The Morgan fingerprint density at radius 2 is 2.21 bits per heavy atom. The van der Waals surface area contributed by atoms with Gasteiger partial charge < -0.3 is 10.5 Å². The van der Waals surface area contributed by atoms with Gasteiger partial charge in [0.05, 0.1) is 7.11 Å². The zero-order valence-corrected chi connectivity index (χ0v) is 8.59. The second kappa shape index (κ2) is 4.96. The van der Waals surface area contributed by atoms with Gasteiger partial charge in [-0.25, -0.2) is 4.39 Å². The van der Waals surface area contributed by atoms with Gasteiger partial charge in [-0.15, -0.1) is 0 Å². The van der Waals surface area contributed by atoms with Crippen LogP contribution >= 0.6 is 0 Å². The molecule has 1 atom stereocenters. The Morgan fingerprint density at radius 1 is 1.50 bits per heavy atom. The Labute approximate surface area is 83.9 Å². The normalized spacial score (nSPS) is 12.6. The van der Waals surface area contributed by atoms with E-state index in [1.807, 2.05) is 13.0 Å². The summed E-state index contributed by atoms with van der Waals surface area (Å²) in [6, 6.07) is 4.69. The van der Waals surface area contributed by atoms with Crippen LogP contribution in [0.25, 0.3) is 0 Å². The van der Waals surface area contributed by atoms with Gasteiger partial charge in [0.15, 0.2) is 11.6 Å². The van der Waals surface area contributed by atoms with Gasteiger partial charge in [-0.05, 0) is 12.5 Å². The number of ether oxygens (including phenoxy) is 1. The van der Waals surface area contributed by atoms with E-state index < -0.39 is 0 Å². The summed E-state index contributed by atoms with van der Waals surface area (Å²) in [6.07, 6.45) is 1.81. The molecule has 0 amide bonds. The van der Waals surface area contributed by atoms with Gasteiger partial charge in [-0.3, -0.25) is 0 Å². The van der Waals surface area contributed by atoms with Crippen LogP contribution in [0.4, 0.5) is 4.39 Å². The first-order chi connectivity index (χ1) is 6.70. The fourth-order valence-corrected chi connectivity index (χ4v) is 1.50. The van der Waals surface area contributed by atoms with Gasteiger partial charge in [0.1, 0.15) is 0 Å². The van der Waals surface area contributed by atoms with E-state index >= 15 is 0 Å². The predicted octanol–water partition coefficient (Wildman–Crippen LogP) is 2.63. The molecule has 1 aromatic rings. The number of hydrogen-bond donors (Lipinski definition) is 1. The maximum atomic E-state index is 13.3. The van der Waals surface area contributed by atoms with Gasteiger partial charge in [-0.2, -0.15) is 0 Å². The van der Waals surface area contributed by atoms with E-state index in [4.69, 9.17) is 10.5 Å². The van der Waals surface area contributed by atoms with Crippen LogP contribution < -0.4 is 10.5 Å². The van der Waals surface area contributed by atoms with Crippen molar-refractivity contribution in [2.24, 2.45) is 5.73 Å². The summed E-state index contributed by atoms with van der Waals surface area (Å²) in [4.78, 5) is 0. The summed E-state index contributed by atoms with van der Waals surface area (Å²) < 4.78 is 18.3. The van der Waals surface area contributed by atoms with Crippen LogP contribution in [-0.4, -0.2) is 7.11 Å². The number of nitrogens with two attached hydrogens (primary N) is 1. The summed E-state index contributed by atoms with van der Waals surface area (Å²) in [6.45, 7) is 2.05. The molecule has 0 aliphatic heterocycles. The lowest BCUT2D eigenvalue weighted by Gasteiger charge is -2.15. The lowest BCUT2D eigenvalue weighted by molar-refractivity contribution is 0.376. The smallest absolute Gasteiger partial charge is 0.165 e. The van der Waals surface area contributed by atoms with Crippen molar-refractivity contribution in [1.29, 1.82) is 0 Å². The third kappa shape index (κ3) is 2.23. The lowest BCUT2D eigenvalue weighted by Crippen LogP contribution is -2.11. The van der Waals surface area contributed by atoms with Crippen LogP contribution in [0.5, 0.6) is 5.75 Å². The van der Waals surface area contributed by atoms with E-state index in [0.717, 1.165) is 18.4 Å². The monoisotopic (exact) mass is 197 g/mol. The Balaban J connectivity index is 3.00. The van der Waals surface area contributed by atoms with Crippen LogP contribution in [-0.2, 0) is 0 Å². The maximum absolute atomic E-state index is 13.3. The van der Waals surface area contributed by atoms with Crippen molar-refractivity contribution in [3.63, 3.8) is 0 Å². The number of halogens is 1. The molecule has 0 heterocycles. The molecule has 0 aromatic heterocycles. The fraction of sp³-hybridized carbons (Fsp3) is 0.455. The first kappa shape index (κ1) is 11.0. The van der Waals surface area contributed by atoms with Crippen molar-refractivity contribution in [3.8, 4) is 5.75 Å². The van der Waals surface area contributed by atoms with Crippen LogP contribution in [0.3, 0.4) is 0 Å². The van der Waals surface area contributed by atoms with Crippen molar-refractivity contribution >= 4 is 0 Å². The van der Waals surface area contributed by atoms with Crippen molar-refractivity contribution in [2.45, 2.75) is 25.8 Å². The van der Waals surface area contributed by atoms with E-state index in [1.165, 1.54) is 13.2 Å². The quantitative estimate of drug-likeness (QED) is 0.805. The molecule has 0 aliphatic carbocycles. The van der Waals surface area contributed by atoms with Gasteiger partial charge in [0.2, 0.25) is 0 Å². The van der Waals surface area contributed by atoms with E-state index in [1.54, 1.807) is 6.07 Å². The number of para-hydroxylation sites is 1. The first-order valence-corrected chi connectivity index (χ1v) is 4.78. The van der Waals surface area contributed by atoms with E-state index in [9.17, 15) is 4.39 Å². The molecule has 0 unspecified atom stereocenters. The molecule has 2 N–H and O–H groups in total. The molecule has 0 saturated carbocycles. The second-order valence-corrected chi connectivity index (χ2v) is 3.26. The molecule has 1 rings (SSSR count). The van der Waals surface area contributed by atoms with E-state index in [-0.39, 0.29) is 17.6 Å². The minimum Gasteiger partial charge on any atom is -0.493 e. The summed E-state index contributed by atoms with van der Waals surface area (Å²) in [7, 11) is 1.46. The zero-order chi connectivity index (χ0) is 10.6. The van der Waals surface area contributed by atoms with Crippen molar-refractivity contribution in [1.82, 2.24) is 0 Å². The van der Waals surface area contributed by atoms with Gasteiger partial charge in [0.25, 0.3) is 0 Å². The third-order valence-electron chi connectivity index (χ3n) is 2.20. The van der Waals surface area contributed by atoms with Gasteiger partial charge in [0, 0.05) is 11.6 Å². The number of hydrogen-bond acceptors (Lipinski definition) is 2. The molecule has 2 nitrogen and oxygen atoms in total. The van der Waals surface area contributed by atoms with Gasteiger partial charge >= 0.3 is 0 Å². The SMILES string of the molecule is CCC[C@H](N)c1cccc(F)c1OC. The highest BCUT2D eigenvalue weighted by molar-refractivity contribution is 5.37. The van der Waals surface area contributed by atoms with E-state index in [2.05, 4.69) is 0 Å². The third-order valence-corrected chi connectivity index (χ3v) is 2.20. The fourth-order valence-electron chi connectivity index (χ4n) is 1.50. The van der Waals surface area contributed by atoms with Crippen molar-refractivity contribution < 1.29 is 9.13 Å². The van der Waals surface area contributed by atoms with Gasteiger partial charge in [-0.1, -0.05) is 25.5 Å². The molecule has 0 saturated heterocycles. The highest BCUT2D eigenvalue weighted by Crippen LogP contribution is 2.28. The lowest BCUT2D eigenvalue weighted by atomic mass is 10.0. The molecular formula is C11H16FNO. The molecule has 0 aliphatic rings. The van der Waals surface area contributed by atoms with Crippen LogP contribution in [0, 0.1) is 5.82 Å². The average Bonchev–Trinajstić information content (AvgIpc) is 2.17. The largest absolute Gasteiger partial charge is 0.493 e. The first-order valence-electron chi connectivity index (χ1n) is 4.78. The molecule has 0 fully saturated rings. The molecule has 1 aromatic carbocycles. The Hall–Kier alpha value is -1.09. The summed E-state index contributed by atoms with van der Waals surface area (Å²) in [5, 5.41) is 0. The maximum Gasteiger partial charge on any atom is 0.165 e. The van der Waals surface area contributed by atoms with Crippen LogP contribution in [0.15, 0.2) is 18.2 Å². The summed E-state index contributed by atoms with van der Waals surface area (Å²) >= 11 is 0. The minimum absolute atomic E-state index is 0.148. The summed E-state index contributed by atoms with van der Waals surface area (Å²) in [5.41, 5.74) is 6.65. The molecule has 0 spiro atoms. The van der Waals surface area contributed by atoms with Crippen molar-refractivity contribution in [3.05, 3.63) is 29.6 Å². The molecule has 3 heteroatoms. The predicted molar refractivity (Wildman–Crippen MR) is 54.8 cm³/mol. The molecule has 78 valence electrons. The average molecular weight is 197 g/mol. The molecule has 0 bridgehead atoms. The van der Waals surface area contributed by atoms with Crippen LogP contribution in [0.1, 0.15) is 31.4 Å². The minimum atomic E-state index is -0.350. The van der Waals surface area contributed by atoms with Crippen molar-refractivity contribution in [2.75, 3.05) is 7.11 Å². The standard InChI is InChI=1S/C11H16FNO/c1-3-5-10(13)8-6-4-7-9(12)11(8)14-2/h4,6-7,10H,3,5,13H2,1-2H3/t10-/m0/s1. The Bertz CT molecular complexity index is 301. The Morgan fingerprint density at radius 3 is 2.79 bits per heavy atom. The highest BCUT2D eigenvalue weighted by atomic mass is 19.1. The number of rotatable bonds is 4. The number of benzene rings is 1. The molecule has 14 heavy (non-hydrogen) atoms. The Kier molecular flexibility index (Phi) is 3.89. The highest BCUT2D eigenvalue weighted by Gasteiger charge is 2.14. The summed E-state index contributed by atoms with van der Waals surface area (Å²) in [5.74, 6) is -0.0787. The second-order valence-electron chi connectivity index (χ2n) is 3.26. The topological polar surface area (TPSA) is 35.2 Å².